The maximum atomic E-state index is 10.1. The number of aliphatic hydroxyl groups is 1. The summed E-state index contributed by atoms with van der Waals surface area (Å²) in [4.78, 5) is 2.23. The summed E-state index contributed by atoms with van der Waals surface area (Å²) in [7, 11) is 0. The summed E-state index contributed by atoms with van der Waals surface area (Å²) < 4.78 is 0. The molecule has 0 radical (unpaired) electrons. The largest absolute Gasteiger partial charge is 0.389 e. The molecule has 2 atom stereocenters. The molecule has 0 aromatic heterocycles. The van der Waals surface area contributed by atoms with Crippen LogP contribution in [0.3, 0.4) is 0 Å². The van der Waals surface area contributed by atoms with Crippen LogP contribution in [0.5, 0.6) is 0 Å². The predicted octanol–water partition coefficient (Wildman–Crippen LogP) is 3.69. The molecule has 3 heteroatoms. The maximum absolute atomic E-state index is 10.1. The summed E-state index contributed by atoms with van der Waals surface area (Å²) in [5.41, 5.74) is 4.89. The third-order valence-electron chi connectivity index (χ3n) is 4.08. The Morgan fingerprint density at radius 1 is 1.24 bits per heavy atom. The molecule has 0 aliphatic carbocycles. The average molecular weight is 278 g/mol. The van der Waals surface area contributed by atoms with Crippen molar-refractivity contribution in [3.05, 3.63) is 59.2 Å². The minimum Gasteiger partial charge on any atom is -0.389 e. The Balaban J connectivity index is 2.18. The van der Waals surface area contributed by atoms with Crippen LogP contribution in [0, 0.1) is 11.3 Å². The Morgan fingerprint density at radius 3 is 2.71 bits per heavy atom. The number of para-hydroxylation sites is 1. The van der Waals surface area contributed by atoms with Crippen molar-refractivity contribution in [2.24, 2.45) is 0 Å². The minimum atomic E-state index is -0.562. The number of hydrogen-bond donors (Lipinski definition) is 1. The molecular weight excluding hydrogens is 260 g/mol. The Labute approximate surface area is 125 Å². The van der Waals surface area contributed by atoms with E-state index in [4.69, 9.17) is 5.26 Å². The van der Waals surface area contributed by atoms with E-state index in [1.165, 1.54) is 11.3 Å². The smallest absolute Gasteiger partial charge is 0.0992 e. The van der Waals surface area contributed by atoms with E-state index in [2.05, 4.69) is 36.1 Å². The van der Waals surface area contributed by atoms with E-state index >= 15 is 0 Å². The van der Waals surface area contributed by atoms with Crippen molar-refractivity contribution >= 4 is 11.4 Å². The molecule has 0 amide bonds. The lowest BCUT2D eigenvalue weighted by Crippen LogP contribution is -2.25. The first-order valence-corrected chi connectivity index (χ1v) is 7.21. The van der Waals surface area contributed by atoms with Crippen molar-refractivity contribution in [1.82, 2.24) is 0 Å². The summed E-state index contributed by atoms with van der Waals surface area (Å²) in [5, 5.41) is 19.2. The van der Waals surface area contributed by atoms with Gasteiger partial charge < -0.3 is 10.0 Å². The molecule has 1 unspecified atom stereocenters. The van der Waals surface area contributed by atoms with Crippen LogP contribution in [0.4, 0.5) is 11.4 Å². The summed E-state index contributed by atoms with van der Waals surface area (Å²) in [6.45, 7) is 3.93. The quantitative estimate of drug-likeness (QED) is 0.911. The van der Waals surface area contributed by atoms with Crippen LogP contribution in [-0.4, -0.2) is 11.1 Å². The Kier molecular flexibility index (Phi) is 3.40. The first-order valence-electron chi connectivity index (χ1n) is 7.21. The summed E-state index contributed by atoms with van der Waals surface area (Å²) in [5.74, 6) is 0. The van der Waals surface area contributed by atoms with E-state index < -0.39 is 6.10 Å². The normalized spacial score (nSPS) is 18.2. The maximum Gasteiger partial charge on any atom is 0.0992 e. The Bertz CT molecular complexity index is 715. The molecule has 1 aliphatic heterocycles. The lowest BCUT2D eigenvalue weighted by molar-refractivity contribution is 0.199. The lowest BCUT2D eigenvalue weighted by atomic mass is 10.0. The van der Waals surface area contributed by atoms with Crippen LogP contribution in [0.2, 0.25) is 0 Å². The van der Waals surface area contributed by atoms with Gasteiger partial charge in [-0.1, -0.05) is 24.3 Å². The second-order valence-corrected chi connectivity index (χ2v) is 5.61. The highest BCUT2D eigenvalue weighted by molar-refractivity contribution is 5.74. The molecule has 1 N–H and O–H groups in total. The van der Waals surface area contributed by atoms with Gasteiger partial charge in [-0.15, -0.1) is 0 Å². The molecule has 3 nitrogen and oxygen atoms in total. The molecule has 0 fully saturated rings. The zero-order valence-corrected chi connectivity index (χ0v) is 12.2. The molecule has 0 bridgehead atoms. The van der Waals surface area contributed by atoms with Crippen LogP contribution in [0.1, 0.15) is 36.6 Å². The Morgan fingerprint density at radius 2 is 2.00 bits per heavy atom. The SMILES string of the molecule is CC1Cc2ccccc2N1c1cc(C#N)ccc1[C@H](C)O. The second kappa shape index (κ2) is 5.23. The van der Waals surface area contributed by atoms with Crippen molar-refractivity contribution in [1.29, 1.82) is 5.26 Å². The van der Waals surface area contributed by atoms with Crippen molar-refractivity contribution in [3.63, 3.8) is 0 Å². The highest BCUT2D eigenvalue weighted by Crippen LogP contribution is 2.41. The minimum absolute atomic E-state index is 0.314. The molecule has 1 heterocycles. The van der Waals surface area contributed by atoms with E-state index in [0.717, 1.165) is 17.7 Å². The number of aliphatic hydroxyl groups excluding tert-OH is 1. The monoisotopic (exact) mass is 278 g/mol. The molecule has 0 saturated heterocycles. The van der Waals surface area contributed by atoms with Crippen LogP contribution in [0.15, 0.2) is 42.5 Å². The van der Waals surface area contributed by atoms with Crippen molar-refractivity contribution in [3.8, 4) is 6.07 Å². The van der Waals surface area contributed by atoms with Gasteiger partial charge in [-0.25, -0.2) is 0 Å². The van der Waals surface area contributed by atoms with Gasteiger partial charge in [-0.05, 0) is 44.0 Å². The van der Waals surface area contributed by atoms with Gasteiger partial charge in [0.1, 0.15) is 0 Å². The van der Waals surface area contributed by atoms with Gasteiger partial charge in [0.25, 0.3) is 0 Å². The van der Waals surface area contributed by atoms with Gasteiger partial charge in [0, 0.05) is 23.0 Å². The van der Waals surface area contributed by atoms with E-state index in [1.807, 2.05) is 18.2 Å². The van der Waals surface area contributed by atoms with Crippen LogP contribution < -0.4 is 4.90 Å². The van der Waals surface area contributed by atoms with Gasteiger partial charge in [-0.2, -0.15) is 5.26 Å². The van der Waals surface area contributed by atoms with Gasteiger partial charge >= 0.3 is 0 Å². The number of anilines is 2. The zero-order valence-electron chi connectivity index (χ0n) is 12.2. The van der Waals surface area contributed by atoms with Gasteiger partial charge in [0.15, 0.2) is 0 Å². The molecule has 1 aliphatic rings. The fourth-order valence-electron chi connectivity index (χ4n) is 3.11. The molecule has 2 aromatic carbocycles. The van der Waals surface area contributed by atoms with E-state index in [9.17, 15) is 5.11 Å². The number of benzene rings is 2. The molecule has 21 heavy (non-hydrogen) atoms. The molecule has 2 aromatic rings. The summed E-state index contributed by atoms with van der Waals surface area (Å²) in [6.07, 6.45) is 0.416. The van der Waals surface area contributed by atoms with Crippen molar-refractivity contribution < 1.29 is 5.11 Å². The van der Waals surface area contributed by atoms with Gasteiger partial charge in [0.2, 0.25) is 0 Å². The lowest BCUT2D eigenvalue weighted by Gasteiger charge is -2.28. The first kappa shape index (κ1) is 13.7. The molecular formula is C18H18N2O. The fraction of sp³-hybridized carbons (Fsp3) is 0.278. The number of nitrogens with zero attached hydrogens (tertiary/aromatic N) is 2. The van der Waals surface area contributed by atoms with Crippen LogP contribution >= 0.6 is 0 Å². The summed E-state index contributed by atoms with van der Waals surface area (Å²) in [6, 6.07) is 16.3. The van der Waals surface area contributed by atoms with E-state index in [1.54, 1.807) is 13.0 Å². The number of rotatable bonds is 2. The van der Waals surface area contributed by atoms with Crippen molar-refractivity contribution in [2.45, 2.75) is 32.4 Å². The standard InChI is InChI=1S/C18H18N2O/c1-12-9-15-5-3-4-6-17(15)20(12)18-10-14(11-19)7-8-16(18)13(2)21/h3-8,10,12-13,21H,9H2,1-2H3/t12?,13-/m0/s1. The van der Waals surface area contributed by atoms with Gasteiger partial charge in [-0.3, -0.25) is 0 Å². The average Bonchev–Trinajstić information content (AvgIpc) is 2.82. The van der Waals surface area contributed by atoms with Gasteiger partial charge in [0.05, 0.1) is 17.7 Å². The topological polar surface area (TPSA) is 47.3 Å². The molecule has 106 valence electrons. The predicted molar refractivity (Wildman–Crippen MR) is 83.5 cm³/mol. The van der Waals surface area contributed by atoms with Crippen molar-refractivity contribution in [2.75, 3.05) is 4.90 Å². The second-order valence-electron chi connectivity index (χ2n) is 5.61. The summed E-state index contributed by atoms with van der Waals surface area (Å²) >= 11 is 0. The molecule has 0 saturated carbocycles. The first-order chi connectivity index (χ1) is 10.1. The number of hydrogen-bond acceptors (Lipinski definition) is 3. The van der Waals surface area contributed by atoms with Crippen LogP contribution in [0.25, 0.3) is 0 Å². The number of nitriles is 1. The fourth-order valence-corrected chi connectivity index (χ4v) is 3.11. The van der Waals surface area contributed by atoms with E-state index in [-0.39, 0.29) is 0 Å². The molecule has 0 spiro atoms. The highest BCUT2D eigenvalue weighted by Gasteiger charge is 2.29. The molecule has 3 rings (SSSR count). The Hall–Kier alpha value is -2.31. The third kappa shape index (κ3) is 2.28. The van der Waals surface area contributed by atoms with Crippen LogP contribution in [-0.2, 0) is 6.42 Å². The highest BCUT2D eigenvalue weighted by atomic mass is 16.3. The number of fused-ring (bicyclic) bond motifs is 1. The zero-order chi connectivity index (χ0) is 15.0. The third-order valence-corrected chi connectivity index (χ3v) is 4.08. The van der Waals surface area contributed by atoms with E-state index in [0.29, 0.717) is 11.6 Å².